The molecule has 0 unspecified atom stereocenters. The first-order valence-electron chi connectivity index (χ1n) is 23.0. The number of nitrogens with two attached hydrogens (primary N) is 1. The molecule has 66 heavy (non-hydrogen) atoms. The van der Waals surface area contributed by atoms with E-state index in [1.165, 1.54) is 31.9 Å². The molecule has 348 valence electrons. The quantitative estimate of drug-likeness (QED) is 0.0637. The number of aliphatic carboxylic acids is 1. The number of anilines is 2. The van der Waals surface area contributed by atoms with Gasteiger partial charge >= 0.3 is 5.97 Å². The number of aliphatic hydroxyl groups excluding tert-OH is 1. The number of nitrogens with zero attached hydrogens (tertiary/aromatic N) is 3. The third kappa shape index (κ3) is 14.1. The number of pyridine rings is 1. The Bertz CT molecular complexity index is 2570. The number of aromatic nitrogens is 2. The molecule has 1 aliphatic carbocycles. The Morgan fingerprint density at radius 1 is 0.833 bits per heavy atom. The first kappa shape index (κ1) is 50.2. The van der Waals surface area contributed by atoms with Crippen LogP contribution in [0.5, 0.6) is 0 Å². The van der Waals surface area contributed by atoms with Gasteiger partial charge in [-0.15, -0.1) is 0 Å². The molecule has 6 N–H and O–H groups in total. The average molecular weight is 895 g/mol. The lowest BCUT2D eigenvalue weighted by Crippen LogP contribution is -2.44. The van der Waals surface area contributed by atoms with E-state index in [-0.39, 0.29) is 18.4 Å². The van der Waals surface area contributed by atoms with Crippen molar-refractivity contribution in [3.05, 3.63) is 149 Å². The van der Waals surface area contributed by atoms with Crippen molar-refractivity contribution in [2.24, 2.45) is 11.7 Å². The number of amides is 3. The fourth-order valence-electron chi connectivity index (χ4n) is 7.94. The van der Waals surface area contributed by atoms with E-state index < -0.39 is 17.4 Å². The molecule has 0 saturated carbocycles. The van der Waals surface area contributed by atoms with E-state index in [2.05, 4.69) is 58.6 Å². The number of carbonyl (C=O) groups is 4. The van der Waals surface area contributed by atoms with Gasteiger partial charge in [0.05, 0.1) is 11.4 Å². The summed E-state index contributed by atoms with van der Waals surface area (Å²) in [5.74, 6) is -1.24. The van der Waals surface area contributed by atoms with Gasteiger partial charge in [0.15, 0.2) is 0 Å². The molecule has 4 aromatic carbocycles. The second kappa shape index (κ2) is 23.9. The third-order valence-corrected chi connectivity index (χ3v) is 11.7. The number of benzene rings is 4. The summed E-state index contributed by atoms with van der Waals surface area (Å²) in [6.07, 6.45) is 10.4. The number of carboxylic acid groups (broad SMARTS) is 1. The van der Waals surface area contributed by atoms with Crippen LogP contribution in [0.15, 0.2) is 116 Å². The van der Waals surface area contributed by atoms with Crippen LogP contribution in [0.4, 0.5) is 11.4 Å². The summed E-state index contributed by atoms with van der Waals surface area (Å²) in [5, 5.41) is 24.4. The number of nitrogens with one attached hydrogen (secondary N) is 2. The third-order valence-electron chi connectivity index (χ3n) is 11.7. The van der Waals surface area contributed by atoms with Gasteiger partial charge in [-0.25, -0.2) is 0 Å². The van der Waals surface area contributed by atoms with Crippen LogP contribution >= 0.6 is 0 Å². The molecule has 0 aliphatic heterocycles. The Hall–Kier alpha value is -6.79. The van der Waals surface area contributed by atoms with Crippen LogP contribution in [0, 0.1) is 5.92 Å². The second-order valence-electron chi connectivity index (χ2n) is 17.6. The Morgan fingerprint density at radius 3 is 2.15 bits per heavy atom. The smallest absolute Gasteiger partial charge is 0.303 e. The van der Waals surface area contributed by atoms with Gasteiger partial charge in [0, 0.05) is 89.4 Å². The fraction of sp³-hybridized carbons (Fsp3) is 0.352. The summed E-state index contributed by atoms with van der Waals surface area (Å²) in [6.45, 7) is 14.0. The number of carboxylic acids is 1. The Morgan fingerprint density at radius 2 is 1.53 bits per heavy atom. The average Bonchev–Trinajstić information content (AvgIpc) is 3.72. The highest BCUT2D eigenvalue weighted by molar-refractivity contribution is 6.08. The van der Waals surface area contributed by atoms with E-state index >= 15 is 0 Å². The number of aryl methyl sites for hydroxylation is 2. The monoisotopic (exact) mass is 895 g/mol. The highest BCUT2D eigenvalue weighted by Crippen LogP contribution is 2.32. The molecule has 3 amide bonds. The molecule has 1 aliphatic rings. The largest absolute Gasteiger partial charge is 0.481 e. The van der Waals surface area contributed by atoms with Gasteiger partial charge in [0.2, 0.25) is 5.91 Å². The normalized spacial score (nSPS) is 11.9. The van der Waals surface area contributed by atoms with Gasteiger partial charge in [-0.3, -0.25) is 24.2 Å². The lowest BCUT2D eigenvalue weighted by molar-refractivity contribution is -0.137. The van der Waals surface area contributed by atoms with Gasteiger partial charge in [-0.2, -0.15) is 0 Å². The molecular formula is C54H66N6O6. The van der Waals surface area contributed by atoms with Crippen molar-refractivity contribution >= 4 is 46.0 Å². The zero-order valence-corrected chi connectivity index (χ0v) is 39.3. The highest BCUT2D eigenvalue weighted by atomic mass is 16.4. The molecule has 2 aromatic heterocycles. The number of carbonyl (C=O) groups excluding carboxylic acids is 3. The summed E-state index contributed by atoms with van der Waals surface area (Å²) < 4.78 is 2.05. The highest BCUT2D eigenvalue weighted by Gasteiger charge is 2.22. The van der Waals surface area contributed by atoms with E-state index in [0.29, 0.717) is 58.9 Å². The van der Waals surface area contributed by atoms with Crippen LogP contribution < -0.4 is 21.3 Å². The number of aliphatic hydroxyl groups is 1. The molecule has 0 fully saturated rings. The number of hydrogen-bond donors (Lipinski definition) is 5. The van der Waals surface area contributed by atoms with Crippen LogP contribution in [0.3, 0.4) is 0 Å². The number of rotatable bonds is 16. The maximum absolute atomic E-state index is 13.7. The number of hydrogen-bond acceptors (Lipinski definition) is 7. The summed E-state index contributed by atoms with van der Waals surface area (Å²) in [5.41, 5.74) is 14.0. The summed E-state index contributed by atoms with van der Waals surface area (Å²) in [7, 11) is 0. The van der Waals surface area contributed by atoms with E-state index in [1.807, 2.05) is 93.1 Å². The first-order chi connectivity index (χ1) is 31.6. The van der Waals surface area contributed by atoms with E-state index in [4.69, 9.17) is 10.8 Å². The standard InChI is InChI=1S/C38H42N6O4.C10H12.C6H12O2/c1-5-43(6-2)28-13-14-32(31(23-28)33-22-26(35(39)46)15-18-40-33)41-36(47)27-10-7-9-25(21-27)24-44-19-16-29-30(11-8-12-34(29)44)37(48)42-38(3,4)17-20-45;1-2-6-10-8-4-3-7-9(10)5-1;1-5(2)3-4-6(7)8/h7-16,18-19,21-23,45H,5-6,17,20,24H2,1-4H3,(H2,39,46)(H,41,47)(H,42,48);1-2,5-6H,3-4,7-8H2;5H,3-4H2,1-2H3,(H,7,8). The minimum absolute atomic E-state index is 0.0168. The van der Waals surface area contributed by atoms with Gasteiger partial charge < -0.3 is 36.0 Å². The molecule has 6 aromatic rings. The topological polar surface area (TPSA) is 180 Å². The molecule has 0 saturated heterocycles. The number of primary amides is 1. The Balaban J connectivity index is 0.000000374. The molecular weight excluding hydrogens is 829 g/mol. The van der Waals surface area contributed by atoms with E-state index in [1.54, 1.807) is 35.4 Å². The maximum atomic E-state index is 13.7. The molecule has 2 heterocycles. The lowest BCUT2D eigenvalue weighted by atomic mass is 9.92. The minimum Gasteiger partial charge on any atom is -0.481 e. The SMILES string of the molecule is CC(C)CCC(=O)O.CCN(CC)c1ccc(NC(=O)c2cccc(Cn3ccc4c(C(=O)NC(C)(C)CCO)cccc43)c2)c(-c2cc(C(N)=O)ccn2)c1.c1ccc2c(c1)CCCC2. The molecule has 12 heteroatoms. The summed E-state index contributed by atoms with van der Waals surface area (Å²) >= 11 is 0. The van der Waals surface area contributed by atoms with Crippen molar-refractivity contribution in [2.75, 3.05) is 29.9 Å². The fourth-order valence-corrected chi connectivity index (χ4v) is 7.94. The molecule has 0 spiro atoms. The Labute approximate surface area is 389 Å². The predicted molar refractivity (Wildman–Crippen MR) is 265 cm³/mol. The zero-order chi connectivity index (χ0) is 47.8. The molecule has 0 bridgehead atoms. The Kier molecular flexibility index (Phi) is 18.2. The van der Waals surface area contributed by atoms with Crippen LogP contribution in [-0.4, -0.2) is 68.7 Å². The van der Waals surface area contributed by atoms with E-state index in [9.17, 15) is 24.3 Å². The summed E-state index contributed by atoms with van der Waals surface area (Å²) in [4.78, 5) is 55.3. The molecule has 7 rings (SSSR count). The van der Waals surface area contributed by atoms with Gasteiger partial charge in [0.25, 0.3) is 11.8 Å². The predicted octanol–water partition coefficient (Wildman–Crippen LogP) is 9.91. The van der Waals surface area contributed by atoms with Crippen LogP contribution in [0.25, 0.3) is 22.2 Å². The van der Waals surface area contributed by atoms with Crippen molar-refractivity contribution in [3.8, 4) is 11.3 Å². The van der Waals surface area contributed by atoms with Gasteiger partial charge in [-0.1, -0.05) is 56.3 Å². The zero-order valence-electron chi connectivity index (χ0n) is 39.3. The maximum Gasteiger partial charge on any atom is 0.303 e. The molecule has 12 nitrogen and oxygen atoms in total. The minimum atomic E-state index is -0.696. The van der Waals surface area contributed by atoms with Crippen molar-refractivity contribution < 1.29 is 29.4 Å². The van der Waals surface area contributed by atoms with Crippen molar-refractivity contribution in [1.82, 2.24) is 14.9 Å². The van der Waals surface area contributed by atoms with Crippen molar-refractivity contribution in [1.29, 1.82) is 0 Å². The summed E-state index contributed by atoms with van der Waals surface area (Å²) in [6, 6.07) is 32.7. The van der Waals surface area contributed by atoms with Crippen LogP contribution in [0.2, 0.25) is 0 Å². The van der Waals surface area contributed by atoms with Gasteiger partial charge in [0.1, 0.15) is 0 Å². The second-order valence-corrected chi connectivity index (χ2v) is 17.6. The lowest BCUT2D eigenvalue weighted by Gasteiger charge is -2.25. The van der Waals surface area contributed by atoms with E-state index in [0.717, 1.165) is 41.7 Å². The van der Waals surface area contributed by atoms with Crippen LogP contribution in [0.1, 0.15) is 121 Å². The molecule has 0 atom stereocenters. The number of fused-ring (bicyclic) bond motifs is 2. The van der Waals surface area contributed by atoms with Crippen molar-refractivity contribution in [3.63, 3.8) is 0 Å². The first-order valence-corrected chi connectivity index (χ1v) is 23.0. The molecule has 0 radical (unpaired) electrons. The van der Waals surface area contributed by atoms with Crippen molar-refractivity contribution in [2.45, 2.75) is 98.6 Å². The van der Waals surface area contributed by atoms with Gasteiger partial charge in [-0.05, 0) is 149 Å². The van der Waals surface area contributed by atoms with Crippen LogP contribution in [-0.2, 0) is 24.2 Å².